The minimum absolute atomic E-state index is 0.250. The fourth-order valence-electron chi connectivity index (χ4n) is 0. The molecule has 0 saturated carbocycles. The molecule has 0 fully saturated rings. The maximum absolute atomic E-state index is 3.91. The average molecular weight is 312 g/mol. The Morgan fingerprint density at radius 1 is 1.25 bits per heavy atom. The van der Waals surface area contributed by atoms with Gasteiger partial charge in [-0.25, -0.2) is 0 Å². The molecule has 0 rings (SSSR count). The first-order chi connectivity index (χ1) is 3.41. The average Bonchev–Trinajstić information content (AvgIpc) is 1.27. The predicted molar refractivity (Wildman–Crippen MR) is 46.6 cm³/mol. The third-order valence-corrected chi connectivity index (χ3v) is 0. The maximum atomic E-state index is 3.91. The van der Waals surface area contributed by atoms with Gasteiger partial charge in [-0.05, 0) is 0 Å². The van der Waals surface area contributed by atoms with Crippen LogP contribution in [0.2, 0.25) is 19.6 Å². The third-order valence-electron chi connectivity index (χ3n) is 0. The van der Waals surface area contributed by atoms with E-state index in [1.165, 1.54) is 0 Å². The normalized spacial score (nSPS) is 8.75. The van der Waals surface area contributed by atoms with Crippen molar-refractivity contribution in [2.75, 3.05) is 0 Å². The maximum Gasteiger partial charge on any atom is 0.0439 e. The molecule has 0 nitrogen and oxygen atoms in total. The second kappa shape index (κ2) is 6.91. The van der Waals surface area contributed by atoms with Gasteiger partial charge in [-0.1, -0.05) is 26.2 Å². The van der Waals surface area contributed by atoms with E-state index >= 15 is 0 Å². The molecule has 0 heterocycles. The molecule has 0 aromatic rings. The Kier molecular flexibility index (Phi) is 10.8. The first-order valence-electron chi connectivity index (χ1n) is 2.39. The van der Waals surface area contributed by atoms with E-state index in [1.807, 2.05) is 0 Å². The predicted octanol–water partition coefficient (Wildman–Crippen LogP) is 3.39. The molecule has 0 saturated heterocycles. The molecule has 0 spiro atoms. The summed E-state index contributed by atoms with van der Waals surface area (Å²) in [5, 5.41) is 0. The summed E-state index contributed by atoms with van der Waals surface area (Å²) >= 11 is 6.25. The second-order valence-electron chi connectivity index (χ2n) is 2.66. The van der Waals surface area contributed by atoms with Crippen LogP contribution in [0.1, 0.15) is 0 Å². The number of hydrogen-bond acceptors (Lipinski definition) is 0. The zero-order valence-electron chi connectivity index (χ0n) is 5.67. The minimum atomic E-state index is -0.861. The molecule has 0 N–H and O–H groups in total. The van der Waals surface area contributed by atoms with Crippen LogP contribution in [0.3, 0.4) is 0 Å². The van der Waals surface area contributed by atoms with Crippen molar-refractivity contribution in [1.29, 1.82) is 0 Å². The van der Waals surface area contributed by atoms with Crippen LogP contribution in [0, 0.1) is 6.55 Å². The summed E-state index contributed by atoms with van der Waals surface area (Å²) < 4.78 is 0. The van der Waals surface area contributed by atoms with Crippen LogP contribution >= 0.6 is 27.2 Å². The Bertz CT molecular complexity index is 37.8. The van der Waals surface area contributed by atoms with E-state index in [1.54, 1.807) is 0 Å². The van der Waals surface area contributed by atoms with Crippen molar-refractivity contribution in [2.24, 2.45) is 0 Å². The van der Waals surface area contributed by atoms with Gasteiger partial charge >= 0.3 is 40.5 Å². The molecule has 0 aliphatic rings. The molecule has 0 amide bonds. The van der Waals surface area contributed by atoms with Gasteiger partial charge in [0, 0.05) is 8.07 Å². The van der Waals surface area contributed by atoms with Crippen LogP contribution in [0.4, 0.5) is 0 Å². The van der Waals surface area contributed by atoms with E-state index in [9.17, 15) is 0 Å². The Balaban J connectivity index is 0. The first-order valence-corrected chi connectivity index (χ1v) is 20.0. The quantitative estimate of drug-likeness (QED) is 0.602. The molecule has 0 aromatic carbocycles. The van der Waals surface area contributed by atoms with E-state index in [0.29, 0.717) is 0 Å². The molecule has 8 heavy (non-hydrogen) atoms. The van der Waals surface area contributed by atoms with Crippen molar-refractivity contribution in [3.8, 4) is 0 Å². The Labute approximate surface area is 74.1 Å². The van der Waals surface area contributed by atoms with Crippen molar-refractivity contribution in [3.63, 3.8) is 0 Å². The van der Waals surface area contributed by atoms with Gasteiger partial charge in [0.05, 0.1) is 0 Å². The van der Waals surface area contributed by atoms with E-state index in [0.717, 1.165) is 0 Å². The summed E-state index contributed by atoms with van der Waals surface area (Å²) in [5.74, 6) is 0. The van der Waals surface area contributed by atoms with Gasteiger partial charge in [0.15, 0.2) is 0 Å². The van der Waals surface area contributed by atoms with Gasteiger partial charge in [-0.3, -0.25) is 0 Å². The molecule has 0 bridgehead atoms. The standard InChI is InChI=1S/C4H11Si.2BrH.Zn/c1-5(2,3)4;;;/h1H2,2-4H3;2*1H;/q;;;+2/p-2. The summed E-state index contributed by atoms with van der Waals surface area (Å²) in [6, 6.07) is 0. The molecular formula is C4H11Br2SiZn. The second-order valence-corrected chi connectivity index (χ2v) is 21.9. The number of hydrogen-bond donors (Lipinski definition) is 0. The molecule has 0 atom stereocenters. The van der Waals surface area contributed by atoms with Crippen LogP contribution in [0.15, 0.2) is 0 Å². The summed E-state index contributed by atoms with van der Waals surface area (Å²) in [6.45, 7) is 10.6. The largest absolute Gasteiger partial charge is 0.0696 e. The van der Waals surface area contributed by atoms with E-state index in [2.05, 4.69) is 53.4 Å². The molecule has 4 heteroatoms. The molecule has 0 aromatic heterocycles. The summed E-state index contributed by atoms with van der Waals surface area (Å²) in [6.07, 6.45) is 0. The van der Waals surface area contributed by atoms with Crippen LogP contribution in [-0.4, -0.2) is 8.07 Å². The summed E-state index contributed by atoms with van der Waals surface area (Å²) in [5.41, 5.74) is 0. The third kappa shape index (κ3) is 111. The van der Waals surface area contributed by atoms with Crippen LogP contribution in [-0.2, 0) is 13.2 Å². The molecule has 1 radical (unpaired) electrons. The molecule has 0 aliphatic carbocycles. The van der Waals surface area contributed by atoms with E-state index in [4.69, 9.17) is 0 Å². The van der Waals surface area contributed by atoms with Gasteiger partial charge < -0.3 is 0 Å². The van der Waals surface area contributed by atoms with Crippen molar-refractivity contribution in [1.82, 2.24) is 0 Å². The van der Waals surface area contributed by atoms with Crippen LogP contribution < -0.4 is 0 Å². The zero-order chi connectivity index (χ0) is 7.21. The van der Waals surface area contributed by atoms with E-state index in [-0.39, 0.29) is 13.2 Å². The van der Waals surface area contributed by atoms with Crippen molar-refractivity contribution < 1.29 is 13.2 Å². The van der Waals surface area contributed by atoms with Gasteiger partial charge in [-0.2, -0.15) is 0 Å². The summed E-state index contributed by atoms with van der Waals surface area (Å²) in [7, 11) is -0.861. The summed E-state index contributed by atoms with van der Waals surface area (Å²) in [4.78, 5) is 0. The van der Waals surface area contributed by atoms with Gasteiger partial charge in [0.2, 0.25) is 0 Å². The fraction of sp³-hybridized carbons (Fsp3) is 0.750. The molecular weight excluding hydrogens is 301 g/mol. The van der Waals surface area contributed by atoms with Gasteiger partial charge in [-0.15, -0.1) is 0 Å². The smallest absolute Gasteiger partial charge is 0.0439 e. The Morgan fingerprint density at radius 2 is 1.25 bits per heavy atom. The van der Waals surface area contributed by atoms with Gasteiger partial charge in [0.1, 0.15) is 0 Å². The SMILES string of the molecule is [Br][Zn][Br].[CH2][Si](C)(C)C. The van der Waals surface area contributed by atoms with Crippen molar-refractivity contribution >= 4 is 35.3 Å². The Hall–Kier alpha value is 1.80. The molecule has 0 unspecified atom stereocenters. The van der Waals surface area contributed by atoms with Crippen LogP contribution in [0.25, 0.3) is 0 Å². The van der Waals surface area contributed by atoms with Crippen LogP contribution in [0.5, 0.6) is 0 Å². The van der Waals surface area contributed by atoms with E-state index < -0.39 is 8.07 Å². The number of rotatable bonds is 0. The van der Waals surface area contributed by atoms with Crippen molar-refractivity contribution in [3.05, 3.63) is 6.55 Å². The number of halogens is 2. The molecule has 0 aliphatic heterocycles. The monoisotopic (exact) mass is 309 g/mol. The Morgan fingerprint density at radius 3 is 1.25 bits per heavy atom. The van der Waals surface area contributed by atoms with Crippen molar-refractivity contribution in [2.45, 2.75) is 19.6 Å². The topological polar surface area (TPSA) is 0 Å². The molecule has 47 valence electrons. The fourth-order valence-corrected chi connectivity index (χ4v) is 0. The minimum Gasteiger partial charge on any atom is -0.0696 e. The van der Waals surface area contributed by atoms with Gasteiger partial charge in [0.25, 0.3) is 0 Å². The first kappa shape index (κ1) is 12.5. The zero-order valence-corrected chi connectivity index (χ0v) is 12.8.